The molecule has 1 aliphatic rings. The number of nitrogens with zero attached hydrogens (tertiary/aromatic N) is 2. The number of hydrogen-bond acceptors (Lipinski definition) is 3. The molecule has 3 nitrogen and oxygen atoms in total. The van der Waals surface area contributed by atoms with Crippen LogP contribution in [0.4, 0.5) is 0 Å². The molecule has 1 saturated heterocycles. The molecule has 0 radical (unpaired) electrons. The zero-order valence-electron chi connectivity index (χ0n) is 12.4. The highest BCUT2D eigenvalue weighted by Crippen LogP contribution is 2.22. The van der Waals surface area contributed by atoms with Crippen molar-refractivity contribution in [1.29, 1.82) is 0 Å². The molecule has 1 heterocycles. The third kappa shape index (κ3) is 4.57. The number of piperazine rings is 1. The first-order chi connectivity index (χ1) is 7.70. The van der Waals surface area contributed by atoms with Gasteiger partial charge in [0.05, 0.1) is 5.60 Å². The van der Waals surface area contributed by atoms with Gasteiger partial charge in [-0.15, -0.1) is 0 Å². The molecule has 1 N–H and O–H groups in total. The van der Waals surface area contributed by atoms with Gasteiger partial charge in [-0.2, -0.15) is 0 Å². The van der Waals surface area contributed by atoms with Crippen LogP contribution in [0.3, 0.4) is 0 Å². The van der Waals surface area contributed by atoms with Gasteiger partial charge >= 0.3 is 0 Å². The van der Waals surface area contributed by atoms with E-state index in [-0.39, 0.29) is 0 Å². The van der Waals surface area contributed by atoms with Gasteiger partial charge < -0.3 is 5.11 Å². The van der Waals surface area contributed by atoms with Crippen molar-refractivity contribution in [3.05, 3.63) is 0 Å². The van der Waals surface area contributed by atoms with Gasteiger partial charge in [-0.25, -0.2) is 0 Å². The molecule has 0 aromatic heterocycles. The van der Waals surface area contributed by atoms with E-state index in [0.717, 1.165) is 26.1 Å². The van der Waals surface area contributed by atoms with Crippen molar-refractivity contribution in [2.75, 3.05) is 19.6 Å². The van der Waals surface area contributed by atoms with Gasteiger partial charge in [0.25, 0.3) is 0 Å². The molecule has 3 heteroatoms. The second-order valence-corrected chi connectivity index (χ2v) is 6.59. The molecule has 0 spiro atoms. The first-order valence-electron chi connectivity index (χ1n) is 6.93. The van der Waals surface area contributed by atoms with E-state index in [0.29, 0.717) is 18.1 Å². The minimum Gasteiger partial charge on any atom is -0.390 e. The number of hydrogen-bond donors (Lipinski definition) is 1. The molecular weight excluding hydrogens is 212 g/mol. The SMILES string of the molecule is CC(C)N1CCN(C(C)C)[C@@H](CC(C)(C)O)C1. The summed E-state index contributed by atoms with van der Waals surface area (Å²) in [6.45, 7) is 16.2. The molecule has 1 atom stereocenters. The van der Waals surface area contributed by atoms with Crippen LogP contribution < -0.4 is 0 Å². The van der Waals surface area contributed by atoms with E-state index in [4.69, 9.17) is 0 Å². The summed E-state index contributed by atoms with van der Waals surface area (Å²) in [5.74, 6) is 0. The molecule has 1 rings (SSSR count). The lowest BCUT2D eigenvalue weighted by Crippen LogP contribution is -2.58. The van der Waals surface area contributed by atoms with Gasteiger partial charge in [0.15, 0.2) is 0 Å². The average molecular weight is 242 g/mol. The predicted octanol–water partition coefficient (Wildman–Crippen LogP) is 1.95. The first-order valence-corrected chi connectivity index (χ1v) is 6.93. The standard InChI is InChI=1S/C14H30N2O/c1-11(2)15-7-8-16(12(3)4)13(10-15)9-14(5,6)17/h11-13,17H,7-10H2,1-6H3/t13-/m0/s1. The Morgan fingerprint density at radius 2 is 1.71 bits per heavy atom. The molecule has 0 unspecified atom stereocenters. The maximum absolute atomic E-state index is 10.0. The normalized spacial score (nSPS) is 24.9. The van der Waals surface area contributed by atoms with Crippen molar-refractivity contribution < 1.29 is 5.11 Å². The lowest BCUT2D eigenvalue weighted by Gasteiger charge is -2.46. The summed E-state index contributed by atoms with van der Waals surface area (Å²) in [5, 5.41) is 10.0. The van der Waals surface area contributed by atoms with Crippen molar-refractivity contribution in [1.82, 2.24) is 9.80 Å². The summed E-state index contributed by atoms with van der Waals surface area (Å²) in [5.41, 5.74) is -0.572. The molecule has 0 aromatic carbocycles. The largest absolute Gasteiger partial charge is 0.390 e. The van der Waals surface area contributed by atoms with Crippen LogP contribution in [0.15, 0.2) is 0 Å². The molecule has 102 valence electrons. The van der Waals surface area contributed by atoms with Gasteiger partial charge in [-0.3, -0.25) is 9.80 Å². The maximum Gasteiger partial charge on any atom is 0.0607 e. The van der Waals surface area contributed by atoms with Crippen molar-refractivity contribution in [2.45, 2.75) is 71.7 Å². The van der Waals surface area contributed by atoms with E-state index in [1.807, 2.05) is 13.8 Å². The molecule has 0 aromatic rings. The third-order valence-corrected chi connectivity index (χ3v) is 3.69. The first kappa shape index (κ1) is 14.9. The van der Waals surface area contributed by atoms with Crippen LogP contribution in [0.25, 0.3) is 0 Å². The lowest BCUT2D eigenvalue weighted by molar-refractivity contribution is -0.0171. The van der Waals surface area contributed by atoms with Crippen LogP contribution >= 0.6 is 0 Å². The third-order valence-electron chi connectivity index (χ3n) is 3.69. The quantitative estimate of drug-likeness (QED) is 0.816. The molecule has 0 bridgehead atoms. The zero-order valence-corrected chi connectivity index (χ0v) is 12.4. The topological polar surface area (TPSA) is 26.7 Å². The summed E-state index contributed by atoms with van der Waals surface area (Å²) < 4.78 is 0. The Kier molecular flexibility index (Phi) is 4.99. The van der Waals surface area contributed by atoms with Gasteiger partial charge in [0, 0.05) is 37.8 Å². The van der Waals surface area contributed by atoms with E-state index in [9.17, 15) is 5.11 Å². The molecule has 17 heavy (non-hydrogen) atoms. The summed E-state index contributed by atoms with van der Waals surface area (Å²) in [6.07, 6.45) is 0.856. The molecule has 1 fully saturated rings. The fraction of sp³-hybridized carbons (Fsp3) is 1.00. The Labute approximate surface area is 107 Å². The Hall–Kier alpha value is -0.120. The van der Waals surface area contributed by atoms with Crippen molar-refractivity contribution in [3.63, 3.8) is 0 Å². The predicted molar refractivity (Wildman–Crippen MR) is 73.3 cm³/mol. The monoisotopic (exact) mass is 242 g/mol. The Balaban J connectivity index is 2.69. The minimum absolute atomic E-state index is 0.478. The summed E-state index contributed by atoms with van der Waals surface area (Å²) in [4.78, 5) is 5.06. The molecule has 1 aliphatic heterocycles. The molecule has 0 aliphatic carbocycles. The Morgan fingerprint density at radius 3 is 2.12 bits per heavy atom. The van der Waals surface area contributed by atoms with Crippen molar-refractivity contribution >= 4 is 0 Å². The number of rotatable bonds is 4. The van der Waals surface area contributed by atoms with E-state index >= 15 is 0 Å². The van der Waals surface area contributed by atoms with Gasteiger partial charge in [-0.1, -0.05) is 0 Å². The van der Waals surface area contributed by atoms with Gasteiger partial charge in [0.2, 0.25) is 0 Å². The van der Waals surface area contributed by atoms with Crippen LogP contribution in [0.2, 0.25) is 0 Å². The maximum atomic E-state index is 10.0. The van der Waals surface area contributed by atoms with Crippen molar-refractivity contribution in [3.8, 4) is 0 Å². The Bertz CT molecular complexity index is 233. The average Bonchev–Trinajstić information content (AvgIpc) is 2.14. The fourth-order valence-corrected chi connectivity index (χ4v) is 2.80. The van der Waals surface area contributed by atoms with Crippen LogP contribution in [0, 0.1) is 0 Å². The summed E-state index contributed by atoms with van der Waals surface area (Å²) in [7, 11) is 0. The lowest BCUT2D eigenvalue weighted by atomic mass is 9.95. The second-order valence-electron chi connectivity index (χ2n) is 6.59. The summed E-state index contributed by atoms with van der Waals surface area (Å²) in [6, 6.07) is 1.65. The van der Waals surface area contributed by atoms with Gasteiger partial charge in [0.1, 0.15) is 0 Å². The molecule has 0 saturated carbocycles. The zero-order chi connectivity index (χ0) is 13.2. The minimum atomic E-state index is -0.572. The van der Waals surface area contributed by atoms with E-state index in [1.54, 1.807) is 0 Å². The second kappa shape index (κ2) is 5.68. The van der Waals surface area contributed by atoms with Gasteiger partial charge in [-0.05, 0) is 48.0 Å². The van der Waals surface area contributed by atoms with E-state index in [2.05, 4.69) is 37.5 Å². The highest BCUT2D eigenvalue weighted by atomic mass is 16.3. The van der Waals surface area contributed by atoms with E-state index in [1.165, 1.54) is 0 Å². The van der Waals surface area contributed by atoms with Crippen LogP contribution in [0.1, 0.15) is 48.0 Å². The van der Waals surface area contributed by atoms with Crippen LogP contribution in [0.5, 0.6) is 0 Å². The summed E-state index contributed by atoms with van der Waals surface area (Å²) >= 11 is 0. The molecular formula is C14H30N2O. The van der Waals surface area contributed by atoms with Crippen LogP contribution in [-0.2, 0) is 0 Å². The number of aliphatic hydroxyl groups is 1. The van der Waals surface area contributed by atoms with Crippen LogP contribution in [-0.4, -0.2) is 58.3 Å². The highest BCUT2D eigenvalue weighted by Gasteiger charge is 2.32. The smallest absolute Gasteiger partial charge is 0.0607 e. The molecule has 0 amide bonds. The Morgan fingerprint density at radius 1 is 1.12 bits per heavy atom. The highest BCUT2D eigenvalue weighted by molar-refractivity contribution is 4.88. The van der Waals surface area contributed by atoms with Crippen molar-refractivity contribution in [2.24, 2.45) is 0 Å². The van der Waals surface area contributed by atoms with E-state index < -0.39 is 5.60 Å². The fourth-order valence-electron chi connectivity index (χ4n) is 2.80.